The lowest BCUT2D eigenvalue weighted by molar-refractivity contribution is -0.144. The number of ether oxygens (including phenoxy) is 2. The molecule has 1 saturated heterocycles. The number of carbonyl (C=O) groups excluding carboxylic acids is 1. The molecule has 0 bridgehead atoms. The monoisotopic (exact) mass is 297 g/mol. The molecule has 0 saturated carbocycles. The molecule has 1 fully saturated rings. The van der Waals surface area contributed by atoms with E-state index in [-0.39, 0.29) is 11.9 Å². The molecule has 0 aromatic carbocycles. The van der Waals surface area contributed by atoms with Gasteiger partial charge >= 0.3 is 0 Å². The second kappa shape index (κ2) is 7.51. The maximum Gasteiger partial charge on any atom is 0.252 e. The Bertz CT molecular complexity index is 463. The SMILES string of the molecule is CCc1nc([C@H]2CCCN2C(=O)[C@@H](C)OCCOC)no1. The standard InChI is InChI=1S/C14H23N3O4/c1-4-12-15-13(16-21-12)11-6-5-7-17(11)14(18)10(2)20-9-8-19-3/h10-11H,4-9H2,1-3H3/t10-,11-/m1/s1. The fraction of sp³-hybridized carbons (Fsp3) is 0.786. The topological polar surface area (TPSA) is 77.7 Å². The summed E-state index contributed by atoms with van der Waals surface area (Å²) in [5, 5.41) is 4.00. The van der Waals surface area contributed by atoms with Gasteiger partial charge in [0.05, 0.1) is 19.3 Å². The molecule has 1 aliphatic rings. The Kier molecular flexibility index (Phi) is 5.69. The quantitative estimate of drug-likeness (QED) is 0.707. The lowest BCUT2D eigenvalue weighted by Crippen LogP contribution is -2.39. The van der Waals surface area contributed by atoms with E-state index in [0.717, 1.165) is 12.8 Å². The summed E-state index contributed by atoms with van der Waals surface area (Å²) in [6.45, 7) is 5.31. The van der Waals surface area contributed by atoms with Crippen molar-refractivity contribution < 1.29 is 18.8 Å². The highest BCUT2D eigenvalue weighted by atomic mass is 16.5. The zero-order valence-electron chi connectivity index (χ0n) is 12.9. The first-order valence-electron chi connectivity index (χ1n) is 7.40. The third-order valence-corrected chi connectivity index (χ3v) is 3.62. The van der Waals surface area contributed by atoms with E-state index in [2.05, 4.69) is 10.1 Å². The Morgan fingerprint density at radius 1 is 1.52 bits per heavy atom. The van der Waals surface area contributed by atoms with Gasteiger partial charge in [-0.3, -0.25) is 4.79 Å². The molecule has 7 heteroatoms. The molecule has 0 unspecified atom stereocenters. The zero-order chi connectivity index (χ0) is 15.2. The van der Waals surface area contributed by atoms with E-state index in [0.29, 0.717) is 37.9 Å². The van der Waals surface area contributed by atoms with Crippen molar-refractivity contribution in [3.05, 3.63) is 11.7 Å². The maximum absolute atomic E-state index is 12.5. The van der Waals surface area contributed by atoms with Crippen LogP contribution in [0.4, 0.5) is 0 Å². The van der Waals surface area contributed by atoms with Gasteiger partial charge in [0.15, 0.2) is 5.82 Å². The Labute approximate surface area is 124 Å². The summed E-state index contributed by atoms with van der Waals surface area (Å²) in [4.78, 5) is 18.6. The molecule has 2 atom stereocenters. The summed E-state index contributed by atoms with van der Waals surface area (Å²) in [6.07, 6.45) is 2.01. The average Bonchev–Trinajstić information content (AvgIpc) is 3.14. The van der Waals surface area contributed by atoms with E-state index in [1.54, 1.807) is 18.9 Å². The Hall–Kier alpha value is -1.47. The van der Waals surface area contributed by atoms with Crippen molar-refractivity contribution in [1.29, 1.82) is 0 Å². The third-order valence-electron chi connectivity index (χ3n) is 3.62. The van der Waals surface area contributed by atoms with Gasteiger partial charge in [-0.15, -0.1) is 0 Å². The normalized spacial score (nSPS) is 20.0. The zero-order valence-corrected chi connectivity index (χ0v) is 12.9. The first-order chi connectivity index (χ1) is 10.2. The molecule has 0 aliphatic carbocycles. The van der Waals surface area contributed by atoms with Crippen LogP contribution in [0.3, 0.4) is 0 Å². The maximum atomic E-state index is 12.5. The van der Waals surface area contributed by atoms with Gasteiger partial charge in [0.1, 0.15) is 6.10 Å². The van der Waals surface area contributed by atoms with Crippen molar-refractivity contribution in [3.8, 4) is 0 Å². The lowest BCUT2D eigenvalue weighted by atomic mass is 10.2. The van der Waals surface area contributed by atoms with E-state index < -0.39 is 6.10 Å². The second-order valence-electron chi connectivity index (χ2n) is 5.10. The van der Waals surface area contributed by atoms with Crippen molar-refractivity contribution in [1.82, 2.24) is 15.0 Å². The van der Waals surface area contributed by atoms with Gasteiger partial charge in [-0.05, 0) is 19.8 Å². The van der Waals surface area contributed by atoms with Crippen LogP contribution in [0.15, 0.2) is 4.52 Å². The Balaban J connectivity index is 1.98. The highest BCUT2D eigenvalue weighted by molar-refractivity contribution is 5.81. The fourth-order valence-electron chi connectivity index (χ4n) is 2.46. The average molecular weight is 297 g/mol. The molecular weight excluding hydrogens is 274 g/mol. The Morgan fingerprint density at radius 2 is 2.33 bits per heavy atom. The van der Waals surface area contributed by atoms with Crippen LogP contribution >= 0.6 is 0 Å². The number of aromatic nitrogens is 2. The van der Waals surface area contributed by atoms with Crippen molar-refractivity contribution in [2.24, 2.45) is 0 Å². The molecule has 1 aromatic heterocycles. The highest BCUT2D eigenvalue weighted by Crippen LogP contribution is 2.30. The van der Waals surface area contributed by atoms with Crippen LogP contribution in [-0.2, 0) is 20.7 Å². The molecule has 2 rings (SSSR count). The van der Waals surface area contributed by atoms with Gasteiger partial charge in [0.2, 0.25) is 5.89 Å². The largest absolute Gasteiger partial charge is 0.382 e. The van der Waals surface area contributed by atoms with Crippen LogP contribution in [0.1, 0.15) is 44.4 Å². The van der Waals surface area contributed by atoms with Gasteiger partial charge in [0.25, 0.3) is 5.91 Å². The van der Waals surface area contributed by atoms with Crippen LogP contribution in [0.25, 0.3) is 0 Å². The van der Waals surface area contributed by atoms with Gasteiger partial charge in [-0.25, -0.2) is 0 Å². The first kappa shape index (κ1) is 15.9. The molecule has 1 aromatic rings. The number of likely N-dealkylation sites (tertiary alicyclic amines) is 1. The molecule has 1 amide bonds. The van der Waals surface area contributed by atoms with Gasteiger partial charge in [-0.1, -0.05) is 12.1 Å². The number of aryl methyl sites for hydroxylation is 1. The summed E-state index contributed by atoms with van der Waals surface area (Å²) in [6, 6.07) is -0.102. The number of rotatable bonds is 7. The molecule has 0 spiro atoms. The number of nitrogens with zero attached hydrogens (tertiary/aromatic N) is 3. The predicted octanol–water partition coefficient (Wildman–Crippen LogP) is 1.35. The van der Waals surface area contributed by atoms with E-state index in [1.165, 1.54) is 0 Å². The van der Waals surface area contributed by atoms with Crippen molar-refractivity contribution in [2.75, 3.05) is 26.9 Å². The number of methoxy groups -OCH3 is 1. The van der Waals surface area contributed by atoms with Gasteiger partial charge < -0.3 is 18.9 Å². The van der Waals surface area contributed by atoms with E-state index in [4.69, 9.17) is 14.0 Å². The third kappa shape index (κ3) is 3.79. The summed E-state index contributed by atoms with van der Waals surface area (Å²) >= 11 is 0. The van der Waals surface area contributed by atoms with Crippen LogP contribution in [0.5, 0.6) is 0 Å². The van der Waals surface area contributed by atoms with Crippen molar-refractivity contribution in [2.45, 2.75) is 45.3 Å². The minimum atomic E-state index is -0.488. The molecule has 1 aliphatic heterocycles. The number of amides is 1. The number of hydrogen-bond donors (Lipinski definition) is 0. The minimum Gasteiger partial charge on any atom is -0.382 e. The van der Waals surface area contributed by atoms with Gasteiger partial charge in [0, 0.05) is 20.1 Å². The summed E-state index contributed by atoms with van der Waals surface area (Å²) < 4.78 is 15.6. The van der Waals surface area contributed by atoms with Gasteiger partial charge in [-0.2, -0.15) is 4.98 Å². The number of carbonyl (C=O) groups is 1. The number of hydrogen-bond acceptors (Lipinski definition) is 6. The first-order valence-corrected chi connectivity index (χ1v) is 7.40. The fourth-order valence-corrected chi connectivity index (χ4v) is 2.46. The predicted molar refractivity (Wildman–Crippen MR) is 74.7 cm³/mol. The van der Waals surface area contributed by atoms with Crippen LogP contribution < -0.4 is 0 Å². The molecule has 0 N–H and O–H groups in total. The molecule has 21 heavy (non-hydrogen) atoms. The summed E-state index contributed by atoms with van der Waals surface area (Å²) in [5.41, 5.74) is 0. The summed E-state index contributed by atoms with van der Waals surface area (Å²) in [5.74, 6) is 1.17. The van der Waals surface area contributed by atoms with Crippen molar-refractivity contribution >= 4 is 5.91 Å². The summed E-state index contributed by atoms with van der Waals surface area (Å²) in [7, 11) is 1.61. The van der Waals surface area contributed by atoms with E-state index in [1.807, 2.05) is 6.92 Å². The second-order valence-corrected chi connectivity index (χ2v) is 5.10. The van der Waals surface area contributed by atoms with Crippen LogP contribution in [0, 0.1) is 0 Å². The van der Waals surface area contributed by atoms with Crippen molar-refractivity contribution in [3.63, 3.8) is 0 Å². The molecular formula is C14H23N3O4. The van der Waals surface area contributed by atoms with Crippen LogP contribution in [-0.4, -0.2) is 53.9 Å². The Morgan fingerprint density at radius 3 is 3.00 bits per heavy atom. The molecule has 118 valence electrons. The van der Waals surface area contributed by atoms with E-state index >= 15 is 0 Å². The molecule has 0 radical (unpaired) electrons. The molecule has 2 heterocycles. The van der Waals surface area contributed by atoms with Crippen LogP contribution in [0.2, 0.25) is 0 Å². The smallest absolute Gasteiger partial charge is 0.252 e. The lowest BCUT2D eigenvalue weighted by Gasteiger charge is -2.25. The minimum absolute atomic E-state index is 0.0311. The van der Waals surface area contributed by atoms with E-state index in [9.17, 15) is 4.79 Å². The highest BCUT2D eigenvalue weighted by Gasteiger charge is 2.35. The molecule has 7 nitrogen and oxygen atoms in total.